The molecule has 0 bridgehead atoms. The molecule has 1 saturated heterocycles. The van der Waals surface area contributed by atoms with E-state index in [4.69, 9.17) is 15.7 Å². The lowest BCUT2D eigenvalue weighted by molar-refractivity contribution is -0.114. The number of hydrogen-bond donors (Lipinski definition) is 1. The normalized spacial score (nSPS) is 23.8. The summed E-state index contributed by atoms with van der Waals surface area (Å²) in [5.74, 6) is -0.639. The van der Waals surface area contributed by atoms with Gasteiger partial charge in [0.05, 0.1) is 12.2 Å². The Bertz CT molecular complexity index is 324. The number of carbonyl (C=O) groups excluding carboxylic acids is 1. The van der Waals surface area contributed by atoms with Crippen LogP contribution in [0.1, 0.15) is 26.7 Å². The number of carbonyl (C=O) groups is 1. The van der Waals surface area contributed by atoms with Crippen LogP contribution in [-0.4, -0.2) is 18.1 Å². The van der Waals surface area contributed by atoms with Crippen molar-refractivity contribution in [2.75, 3.05) is 6.61 Å². The van der Waals surface area contributed by atoms with Crippen molar-refractivity contribution in [1.82, 2.24) is 0 Å². The van der Waals surface area contributed by atoms with Crippen LogP contribution in [0.25, 0.3) is 0 Å². The molecule has 0 aromatic rings. The molecule has 0 aromatic heterocycles. The zero-order valence-corrected chi connectivity index (χ0v) is 8.46. The number of ether oxygens (including phenoxy) is 1. The molecule has 0 spiro atoms. The lowest BCUT2D eigenvalue weighted by atomic mass is 9.90. The predicted molar refractivity (Wildman–Crippen MR) is 51.1 cm³/mol. The molecule has 1 aliphatic heterocycles. The van der Waals surface area contributed by atoms with Gasteiger partial charge in [-0.3, -0.25) is 4.79 Å². The van der Waals surface area contributed by atoms with Gasteiger partial charge in [0.2, 0.25) is 0 Å². The zero-order chi connectivity index (χ0) is 10.8. The first kappa shape index (κ1) is 10.7. The molecule has 1 fully saturated rings. The molecule has 0 aliphatic carbocycles. The third-order valence-corrected chi connectivity index (χ3v) is 2.25. The van der Waals surface area contributed by atoms with E-state index in [1.54, 1.807) is 0 Å². The molecule has 0 atom stereocenters. The minimum atomic E-state index is -0.639. The molecular formula is C10H14N2O2. The van der Waals surface area contributed by atoms with Crippen LogP contribution in [0.3, 0.4) is 0 Å². The molecular weight excluding hydrogens is 180 g/mol. The van der Waals surface area contributed by atoms with Gasteiger partial charge >= 0.3 is 0 Å². The Morgan fingerprint density at radius 1 is 1.64 bits per heavy atom. The van der Waals surface area contributed by atoms with Crippen molar-refractivity contribution < 1.29 is 9.53 Å². The van der Waals surface area contributed by atoms with Crippen molar-refractivity contribution in [2.24, 2.45) is 5.73 Å². The third-order valence-electron chi connectivity index (χ3n) is 2.25. The van der Waals surface area contributed by atoms with E-state index in [1.807, 2.05) is 19.9 Å². The number of nitrogens with zero attached hydrogens (tertiary/aromatic N) is 1. The van der Waals surface area contributed by atoms with Crippen LogP contribution < -0.4 is 5.73 Å². The summed E-state index contributed by atoms with van der Waals surface area (Å²) in [6.07, 6.45) is 1.22. The van der Waals surface area contributed by atoms with Gasteiger partial charge in [-0.05, 0) is 32.3 Å². The summed E-state index contributed by atoms with van der Waals surface area (Å²) in [5, 5.41) is 8.77. The van der Waals surface area contributed by atoms with Gasteiger partial charge in [-0.1, -0.05) is 0 Å². The van der Waals surface area contributed by atoms with Crippen LogP contribution in [0.5, 0.6) is 0 Å². The molecule has 2 N–H and O–H groups in total. The van der Waals surface area contributed by atoms with Crippen LogP contribution in [0.2, 0.25) is 0 Å². The molecule has 1 amide bonds. The van der Waals surface area contributed by atoms with Crippen LogP contribution in [-0.2, 0) is 9.53 Å². The van der Waals surface area contributed by atoms with E-state index in [1.165, 1.54) is 0 Å². The van der Waals surface area contributed by atoms with Crippen LogP contribution in [0.15, 0.2) is 11.1 Å². The van der Waals surface area contributed by atoms with Crippen LogP contribution >= 0.6 is 0 Å². The highest BCUT2D eigenvalue weighted by atomic mass is 16.5. The summed E-state index contributed by atoms with van der Waals surface area (Å²) in [5.41, 5.74) is 5.72. The smallest absolute Gasteiger partial charge is 0.259 e. The summed E-state index contributed by atoms with van der Waals surface area (Å²) in [6, 6.07) is 1.86. The van der Waals surface area contributed by atoms with Gasteiger partial charge in [0.1, 0.15) is 11.6 Å². The topological polar surface area (TPSA) is 76.1 Å². The highest BCUT2D eigenvalue weighted by Gasteiger charge is 2.27. The lowest BCUT2D eigenvalue weighted by Gasteiger charge is -2.32. The second kappa shape index (κ2) is 3.81. The summed E-state index contributed by atoms with van der Waals surface area (Å²) >= 11 is 0. The van der Waals surface area contributed by atoms with Crippen molar-refractivity contribution in [3.63, 3.8) is 0 Å². The molecule has 76 valence electrons. The standard InChI is InChI=1S/C10H14N2O2/c1-10(2)5-7(3-4-14-10)8(6-11)9(12)13/h3-5H2,1-2H3,(H2,12,13). The number of rotatable bonds is 1. The largest absolute Gasteiger partial charge is 0.375 e. The van der Waals surface area contributed by atoms with Gasteiger partial charge in [-0.15, -0.1) is 0 Å². The fourth-order valence-corrected chi connectivity index (χ4v) is 1.63. The SMILES string of the molecule is CC1(C)CC(=C(C#N)C(N)=O)CCO1. The lowest BCUT2D eigenvalue weighted by Crippen LogP contribution is -2.31. The molecule has 0 aromatic carbocycles. The minimum Gasteiger partial charge on any atom is -0.375 e. The van der Waals surface area contributed by atoms with E-state index in [2.05, 4.69) is 0 Å². The number of amides is 1. The van der Waals surface area contributed by atoms with E-state index in [0.29, 0.717) is 19.4 Å². The zero-order valence-electron chi connectivity index (χ0n) is 8.46. The van der Waals surface area contributed by atoms with Gasteiger partial charge in [-0.25, -0.2) is 0 Å². The summed E-state index contributed by atoms with van der Waals surface area (Å²) in [4.78, 5) is 10.9. The quantitative estimate of drug-likeness (QED) is 0.497. The van der Waals surface area contributed by atoms with E-state index in [-0.39, 0.29) is 11.2 Å². The predicted octanol–water partition coefficient (Wildman–Crippen LogP) is 0.881. The van der Waals surface area contributed by atoms with Gasteiger partial charge < -0.3 is 10.5 Å². The molecule has 0 unspecified atom stereocenters. The molecule has 1 rings (SSSR count). The first-order chi connectivity index (χ1) is 6.46. The highest BCUT2D eigenvalue weighted by molar-refractivity contribution is 5.96. The van der Waals surface area contributed by atoms with Gasteiger partial charge in [0.25, 0.3) is 5.91 Å². The summed E-state index contributed by atoms with van der Waals surface area (Å²) in [6.45, 7) is 4.41. The summed E-state index contributed by atoms with van der Waals surface area (Å²) in [7, 11) is 0. The maximum absolute atomic E-state index is 10.9. The Morgan fingerprint density at radius 3 is 2.71 bits per heavy atom. The second-order valence-corrected chi connectivity index (χ2v) is 3.99. The average molecular weight is 194 g/mol. The number of primary amides is 1. The van der Waals surface area contributed by atoms with Crippen molar-refractivity contribution in [3.8, 4) is 6.07 Å². The maximum atomic E-state index is 10.9. The summed E-state index contributed by atoms with van der Waals surface area (Å²) < 4.78 is 5.47. The molecule has 0 radical (unpaired) electrons. The molecule has 14 heavy (non-hydrogen) atoms. The second-order valence-electron chi connectivity index (χ2n) is 3.99. The monoisotopic (exact) mass is 194 g/mol. The van der Waals surface area contributed by atoms with Gasteiger partial charge in [-0.2, -0.15) is 5.26 Å². The van der Waals surface area contributed by atoms with Gasteiger partial charge in [0, 0.05) is 0 Å². The molecule has 1 heterocycles. The highest BCUT2D eigenvalue weighted by Crippen LogP contribution is 2.29. The fourth-order valence-electron chi connectivity index (χ4n) is 1.63. The molecule has 4 heteroatoms. The van der Waals surface area contributed by atoms with Crippen LogP contribution in [0, 0.1) is 11.3 Å². The van der Waals surface area contributed by atoms with E-state index >= 15 is 0 Å². The van der Waals surface area contributed by atoms with Crippen molar-refractivity contribution in [3.05, 3.63) is 11.1 Å². The maximum Gasteiger partial charge on any atom is 0.259 e. The molecule has 4 nitrogen and oxygen atoms in total. The first-order valence-corrected chi connectivity index (χ1v) is 4.52. The van der Waals surface area contributed by atoms with E-state index < -0.39 is 5.91 Å². The fraction of sp³-hybridized carbons (Fsp3) is 0.600. The average Bonchev–Trinajstić information content (AvgIpc) is 2.02. The Labute approximate surface area is 83.3 Å². The Hall–Kier alpha value is -1.34. The number of hydrogen-bond acceptors (Lipinski definition) is 3. The minimum absolute atomic E-state index is 0.0985. The van der Waals surface area contributed by atoms with Crippen LogP contribution in [0.4, 0.5) is 0 Å². The van der Waals surface area contributed by atoms with Crippen molar-refractivity contribution in [1.29, 1.82) is 5.26 Å². The Kier molecular flexibility index (Phi) is 2.92. The van der Waals surface area contributed by atoms with E-state index in [0.717, 1.165) is 5.57 Å². The first-order valence-electron chi connectivity index (χ1n) is 4.52. The Morgan fingerprint density at radius 2 is 2.29 bits per heavy atom. The van der Waals surface area contributed by atoms with Gasteiger partial charge in [0.15, 0.2) is 0 Å². The Balaban J connectivity index is 2.97. The molecule has 1 aliphatic rings. The van der Waals surface area contributed by atoms with Crippen molar-refractivity contribution in [2.45, 2.75) is 32.3 Å². The molecule has 0 saturated carbocycles. The van der Waals surface area contributed by atoms with E-state index in [9.17, 15) is 4.79 Å². The number of nitrogens with two attached hydrogens (primary N) is 1. The van der Waals surface area contributed by atoms with Crippen molar-refractivity contribution >= 4 is 5.91 Å². The number of nitriles is 1. The third kappa shape index (κ3) is 2.33.